The molecule has 3 rings (SSSR count). The molecule has 0 saturated carbocycles. The highest BCUT2D eigenvalue weighted by Crippen LogP contribution is 2.24. The molecule has 0 unspecified atom stereocenters. The van der Waals surface area contributed by atoms with Crippen molar-refractivity contribution in [3.63, 3.8) is 0 Å². The minimum Gasteiger partial charge on any atom is -0.497 e. The van der Waals surface area contributed by atoms with Crippen molar-refractivity contribution >= 4 is 17.9 Å². The lowest BCUT2D eigenvalue weighted by Crippen LogP contribution is -2.06. The molecule has 1 atom stereocenters. The molecule has 2 aromatic heterocycles. The molecule has 0 aliphatic carbocycles. The van der Waals surface area contributed by atoms with E-state index in [0.717, 1.165) is 6.08 Å². The molecular formula is C18H15N3O7. The number of hydrogen-bond donors (Lipinski definition) is 0. The van der Waals surface area contributed by atoms with Gasteiger partial charge >= 0.3 is 11.9 Å². The fraction of sp³-hybridized carbons (Fsp3) is 0.167. The number of carbonyl (C=O) groups is 1. The number of nitrogens with zero attached hydrogens (tertiary/aromatic N) is 3. The third-order valence-corrected chi connectivity index (χ3v) is 3.59. The van der Waals surface area contributed by atoms with Crippen LogP contribution in [0.1, 0.15) is 24.7 Å². The first-order valence-electron chi connectivity index (χ1n) is 8.07. The summed E-state index contributed by atoms with van der Waals surface area (Å²) in [6.07, 6.45) is 1.56. The number of ether oxygens (including phenoxy) is 2. The number of carbonyl (C=O) groups excluding carboxylic acids is 1. The van der Waals surface area contributed by atoms with Crippen LogP contribution < -0.4 is 4.74 Å². The largest absolute Gasteiger partial charge is 0.497 e. The minimum atomic E-state index is -0.789. The first kappa shape index (κ1) is 18.8. The minimum absolute atomic E-state index is 0.126. The van der Waals surface area contributed by atoms with E-state index in [1.165, 1.54) is 18.2 Å². The van der Waals surface area contributed by atoms with Gasteiger partial charge in [0.15, 0.2) is 6.10 Å². The number of rotatable bonds is 7. The Morgan fingerprint density at radius 2 is 1.93 bits per heavy atom. The van der Waals surface area contributed by atoms with Gasteiger partial charge in [-0.25, -0.2) is 4.79 Å². The third kappa shape index (κ3) is 4.41. The summed E-state index contributed by atoms with van der Waals surface area (Å²) in [6, 6.07) is 9.59. The average Bonchev–Trinajstić information content (AvgIpc) is 3.36. The van der Waals surface area contributed by atoms with Gasteiger partial charge in [0.2, 0.25) is 5.89 Å². The molecule has 0 aliphatic rings. The molecule has 0 saturated heterocycles. The van der Waals surface area contributed by atoms with Crippen LogP contribution in [0.15, 0.2) is 51.3 Å². The number of aromatic nitrogens is 2. The van der Waals surface area contributed by atoms with Crippen molar-refractivity contribution in [3.8, 4) is 17.2 Å². The predicted molar refractivity (Wildman–Crippen MR) is 95.2 cm³/mol. The van der Waals surface area contributed by atoms with Gasteiger partial charge < -0.3 is 18.3 Å². The van der Waals surface area contributed by atoms with Crippen LogP contribution in [-0.2, 0) is 9.53 Å². The van der Waals surface area contributed by atoms with Gasteiger partial charge in [-0.1, -0.05) is 0 Å². The third-order valence-electron chi connectivity index (χ3n) is 3.59. The molecule has 1 aromatic carbocycles. The molecular weight excluding hydrogens is 370 g/mol. The second-order valence-corrected chi connectivity index (χ2v) is 5.52. The fourth-order valence-corrected chi connectivity index (χ4v) is 2.19. The molecule has 3 aromatic rings. The van der Waals surface area contributed by atoms with E-state index in [1.54, 1.807) is 38.3 Å². The molecule has 0 aliphatic heterocycles. The summed E-state index contributed by atoms with van der Waals surface area (Å²) in [5.74, 6) is 0.129. The molecule has 2 heterocycles. The summed E-state index contributed by atoms with van der Waals surface area (Å²) in [6.45, 7) is 1.58. The standard InChI is InChI=1S/C18H15N3O7/c1-11(26-16(22)10-8-14-7-9-15(27-14)21(23)24)17-19-20-18(28-17)12-3-5-13(25-2)6-4-12/h3-11H,1-2H3/b10-8+/t11-/m0/s1. The highest BCUT2D eigenvalue weighted by Gasteiger charge is 2.18. The summed E-state index contributed by atoms with van der Waals surface area (Å²) in [4.78, 5) is 21.8. The van der Waals surface area contributed by atoms with Crippen LogP contribution in [0.2, 0.25) is 0 Å². The topological polar surface area (TPSA) is 131 Å². The van der Waals surface area contributed by atoms with Crippen LogP contribution >= 0.6 is 0 Å². The average molecular weight is 385 g/mol. The zero-order chi connectivity index (χ0) is 20.1. The highest BCUT2D eigenvalue weighted by atomic mass is 16.6. The van der Waals surface area contributed by atoms with Gasteiger partial charge in [0.05, 0.1) is 13.2 Å². The Bertz CT molecular complexity index is 1000. The van der Waals surface area contributed by atoms with Crippen molar-refractivity contribution in [2.24, 2.45) is 0 Å². The molecule has 144 valence electrons. The Labute approximate surface area is 158 Å². The fourth-order valence-electron chi connectivity index (χ4n) is 2.19. The molecule has 0 amide bonds. The van der Waals surface area contributed by atoms with Crippen LogP contribution in [0.3, 0.4) is 0 Å². The molecule has 10 heteroatoms. The summed E-state index contributed by atoms with van der Waals surface area (Å²) < 4.78 is 20.7. The maximum absolute atomic E-state index is 11.9. The number of hydrogen-bond acceptors (Lipinski definition) is 9. The van der Waals surface area contributed by atoms with Gasteiger partial charge in [-0.05, 0) is 43.3 Å². The zero-order valence-corrected chi connectivity index (χ0v) is 14.9. The summed E-state index contributed by atoms with van der Waals surface area (Å²) in [5.41, 5.74) is 0.692. The van der Waals surface area contributed by atoms with Crippen LogP contribution in [0.4, 0.5) is 5.88 Å². The molecule has 10 nitrogen and oxygen atoms in total. The van der Waals surface area contributed by atoms with Gasteiger partial charge in [-0.3, -0.25) is 10.1 Å². The molecule has 0 fully saturated rings. The second kappa shape index (κ2) is 8.16. The number of nitro groups is 1. The quantitative estimate of drug-likeness (QED) is 0.259. The summed E-state index contributed by atoms with van der Waals surface area (Å²) in [5, 5.41) is 18.4. The lowest BCUT2D eigenvalue weighted by Gasteiger charge is -2.06. The Balaban J connectivity index is 1.61. The smallest absolute Gasteiger partial charge is 0.433 e. The number of methoxy groups -OCH3 is 1. The molecule has 0 N–H and O–H groups in total. The van der Waals surface area contributed by atoms with Crippen molar-refractivity contribution in [2.75, 3.05) is 7.11 Å². The molecule has 28 heavy (non-hydrogen) atoms. The van der Waals surface area contributed by atoms with Crippen molar-refractivity contribution in [1.29, 1.82) is 0 Å². The summed E-state index contributed by atoms with van der Waals surface area (Å²) in [7, 11) is 1.57. The van der Waals surface area contributed by atoms with E-state index in [4.69, 9.17) is 18.3 Å². The number of benzene rings is 1. The Morgan fingerprint density at radius 3 is 2.57 bits per heavy atom. The van der Waals surface area contributed by atoms with Crippen LogP contribution in [0.25, 0.3) is 17.5 Å². The normalized spacial score (nSPS) is 12.1. The Morgan fingerprint density at radius 1 is 1.18 bits per heavy atom. The van der Waals surface area contributed by atoms with Gasteiger partial charge in [-0.15, -0.1) is 10.2 Å². The molecule has 0 radical (unpaired) electrons. The maximum Gasteiger partial charge on any atom is 0.433 e. The van der Waals surface area contributed by atoms with E-state index >= 15 is 0 Å². The zero-order valence-electron chi connectivity index (χ0n) is 14.9. The predicted octanol–water partition coefficient (Wildman–Crippen LogP) is 3.56. The van der Waals surface area contributed by atoms with E-state index in [-0.39, 0.29) is 17.5 Å². The van der Waals surface area contributed by atoms with Gasteiger partial charge in [0, 0.05) is 11.6 Å². The monoisotopic (exact) mass is 385 g/mol. The van der Waals surface area contributed by atoms with E-state index in [0.29, 0.717) is 11.3 Å². The van der Waals surface area contributed by atoms with Crippen molar-refractivity contribution in [1.82, 2.24) is 10.2 Å². The van der Waals surface area contributed by atoms with E-state index in [2.05, 4.69) is 10.2 Å². The lowest BCUT2D eigenvalue weighted by molar-refractivity contribution is -0.402. The van der Waals surface area contributed by atoms with E-state index in [1.807, 2.05) is 0 Å². The van der Waals surface area contributed by atoms with Crippen LogP contribution in [0.5, 0.6) is 5.75 Å². The Hall–Kier alpha value is -3.95. The molecule has 0 spiro atoms. The van der Waals surface area contributed by atoms with Crippen molar-refractivity contribution < 1.29 is 28.0 Å². The first-order valence-corrected chi connectivity index (χ1v) is 8.07. The van der Waals surface area contributed by atoms with Crippen LogP contribution in [0, 0.1) is 10.1 Å². The van der Waals surface area contributed by atoms with E-state index in [9.17, 15) is 14.9 Å². The summed E-state index contributed by atoms with van der Waals surface area (Å²) >= 11 is 0. The second-order valence-electron chi connectivity index (χ2n) is 5.52. The first-order chi connectivity index (χ1) is 13.5. The lowest BCUT2D eigenvalue weighted by atomic mass is 10.2. The van der Waals surface area contributed by atoms with Crippen molar-refractivity contribution in [2.45, 2.75) is 13.0 Å². The number of furan rings is 1. The Kier molecular flexibility index (Phi) is 5.49. The van der Waals surface area contributed by atoms with Gasteiger partial charge in [0.25, 0.3) is 5.89 Å². The highest BCUT2D eigenvalue weighted by molar-refractivity contribution is 5.86. The van der Waals surface area contributed by atoms with Crippen LogP contribution in [-0.4, -0.2) is 28.2 Å². The SMILES string of the molecule is COc1ccc(-c2nnc([C@H](C)OC(=O)/C=C/c3ccc([N+](=O)[O-])o3)o2)cc1. The number of esters is 1. The molecule has 0 bridgehead atoms. The van der Waals surface area contributed by atoms with Gasteiger partial charge in [-0.2, -0.15) is 0 Å². The van der Waals surface area contributed by atoms with Gasteiger partial charge in [0.1, 0.15) is 16.4 Å². The maximum atomic E-state index is 11.9. The van der Waals surface area contributed by atoms with Crippen molar-refractivity contribution in [3.05, 3.63) is 64.2 Å². The van der Waals surface area contributed by atoms with E-state index < -0.39 is 22.9 Å².